The predicted octanol–water partition coefficient (Wildman–Crippen LogP) is 2.66. The van der Waals surface area contributed by atoms with Gasteiger partial charge in [-0.2, -0.15) is 0 Å². The summed E-state index contributed by atoms with van der Waals surface area (Å²) in [5, 5.41) is 10.1. The maximum absolute atomic E-state index is 13.8. The number of methoxy groups -OCH3 is 1. The summed E-state index contributed by atoms with van der Waals surface area (Å²) in [5.41, 5.74) is 0.811. The average Bonchev–Trinajstić information content (AvgIpc) is 2.42. The van der Waals surface area contributed by atoms with Crippen LogP contribution in [-0.4, -0.2) is 22.2 Å². The molecule has 6 heteroatoms. The molecule has 0 aliphatic rings. The monoisotopic (exact) mass is 326 g/mol. The molecule has 100 valence electrons. The van der Waals surface area contributed by atoms with E-state index >= 15 is 0 Å². The quantitative estimate of drug-likeness (QED) is 0.938. The smallest absolute Gasteiger partial charge is 0.216 e. The topological polar surface area (TPSA) is 55.2 Å². The summed E-state index contributed by atoms with van der Waals surface area (Å²) in [7, 11) is 1.50. The lowest BCUT2D eigenvalue weighted by molar-refractivity contribution is 0.172. The Hall–Kier alpha value is -1.53. The van der Waals surface area contributed by atoms with E-state index in [0.29, 0.717) is 16.0 Å². The summed E-state index contributed by atoms with van der Waals surface area (Å²) in [5.74, 6) is -0.0528. The minimum Gasteiger partial charge on any atom is -0.481 e. The zero-order chi connectivity index (χ0) is 13.8. The molecule has 1 N–H and O–H groups in total. The highest BCUT2D eigenvalue weighted by molar-refractivity contribution is 9.10. The van der Waals surface area contributed by atoms with Crippen molar-refractivity contribution in [2.45, 2.75) is 12.5 Å². The summed E-state index contributed by atoms with van der Waals surface area (Å²) in [4.78, 5) is 7.89. The van der Waals surface area contributed by atoms with Crippen LogP contribution in [0.1, 0.15) is 17.4 Å². The summed E-state index contributed by atoms with van der Waals surface area (Å²) in [6, 6.07) is 6.41. The van der Waals surface area contributed by atoms with Crippen LogP contribution in [0.25, 0.3) is 0 Å². The first-order valence-electron chi connectivity index (χ1n) is 5.58. The fourth-order valence-electron chi connectivity index (χ4n) is 1.69. The Kier molecular flexibility index (Phi) is 4.44. The van der Waals surface area contributed by atoms with Crippen LogP contribution >= 0.6 is 15.9 Å². The number of aliphatic hydroxyl groups is 1. The van der Waals surface area contributed by atoms with Crippen molar-refractivity contribution >= 4 is 15.9 Å². The number of aliphatic hydroxyl groups excluding tert-OH is 1. The molecule has 19 heavy (non-hydrogen) atoms. The fourth-order valence-corrected chi connectivity index (χ4v) is 2.07. The molecule has 0 radical (unpaired) electrons. The highest BCUT2D eigenvalue weighted by Crippen LogP contribution is 2.26. The molecular formula is C13H12BrFN2O2. The second-order valence-electron chi connectivity index (χ2n) is 3.91. The van der Waals surface area contributed by atoms with Crippen molar-refractivity contribution in [1.29, 1.82) is 0 Å². The van der Waals surface area contributed by atoms with E-state index in [1.807, 2.05) is 0 Å². The third-order valence-corrected chi connectivity index (χ3v) is 3.26. The van der Waals surface area contributed by atoms with Crippen molar-refractivity contribution < 1.29 is 14.2 Å². The van der Waals surface area contributed by atoms with E-state index < -0.39 is 11.9 Å². The van der Waals surface area contributed by atoms with Crippen molar-refractivity contribution in [3.8, 4) is 5.88 Å². The first-order chi connectivity index (χ1) is 9.11. The van der Waals surface area contributed by atoms with E-state index in [9.17, 15) is 9.50 Å². The molecule has 1 aromatic carbocycles. The maximum Gasteiger partial charge on any atom is 0.216 e. The van der Waals surface area contributed by atoms with Crippen molar-refractivity contribution in [2.75, 3.05) is 7.11 Å². The fraction of sp³-hybridized carbons (Fsp3) is 0.231. The van der Waals surface area contributed by atoms with Gasteiger partial charge in [0, 0.05) is 18.1 Å². The Labute approximate surface area is 118 Å². The van der Waals surface area contributed by atoms with Gasteiger partial charge in [-0.25, -0.2) is 14.4 Å². The number of hydrogen-bond donors (Lipinski definition) is 1. The molecule has 0 spiro atoms. The van der Waals surface area contributed by atoms with E-state index in [-0.39, 0.29) is 12.0 Å². The van der Waals surface area contributed by atoms with E-state index in [0.717, 1.165) is 0 Å². The normalized spacial score (nSPS) is 12.2. The Morgan fingerprint density at radius 2 is 2.21 bits per heavy atom. The van der Waals surface area contributed by atoms with Crippen LogP contribution in [0.3, 0.4) is 0 Å². The molecule has 0 saturated carbocycles. The van der Waals surface area contributed by atoms with Crippen LogP contribution in [0.5, 0.6) is 5.88 Å². The Bertz CT molecular complexity index is 580. The minimum absolute atomic E-state index is 0.187. The standard InChI is InChI=1S/C13H12BrFN2O2/c1-19-12-6-8(16-7-17-12)5-11(18)9-3-2-4-10(14)13(9)15/h2-4,6-7,11,18H,5H2,1H3. The van der Waals surface area contributed by atoms with Crippen molar-refractivity contribution in [3.63, 3.8) is 0 Å². The maximum atomic E-state index is 13.8. The molecule has 2 aromatic rings. The van der Waals surface area contributed by atoms with Crippen LogP contribution in [0.4, 0.5) is 4.39 Å². The molecule has 0 aliphatic carbocycles. The van der Waals surface area contributed by atoms with Gasteiger partial charge in [-0.3, -0.25) is 0 Å². The van der Waals surface area contributed by atoms with E-state index in [1.54, 1.807) is 24.3 Å². The van der Waals surface area contributed by atoms with Gasteiger partial charge < -0.3 is 9.84 Å². The second kappa shape index (κ2) is 6.08. The van der Waals surface area contributed by atoms with Gasteiger partial charge in [-0.05, 0) is 22.0 Å². The molecule has 0 saturated heterocycles. The number of rotatable bonds is 4. The lowest BCUT2D eigenvalue weighted by Crippen LogP contribution is -2.06. The average molecular weight is 327 g/mol. The zero-order valence-corrected chi connectivity index (χ0v) is 11.8. The van der Waals surface area contributed by atoms with Gasteiger partial charge in [-0.15, -0.1) is 0 Å². The highest BCUT2D eigenvalue weighted by Gasteiger charge is 2.16. The Balaban J connectivity index is 2.20. The summed E-state index contributed by atoms with van der Waals surface area (Å²) in [6.45, 7) is 0. The van der Waals surface area contributed by atoms with Crippen LogP contribution in [-0.2, 0) is 6.42 Å². The van der Waals surface area contributed by atoms with Gasteiger partial charge in [0.25, 0.3) is 0 Å². The molecular weight excluding hydrogens is 315 g/mol. The number of ether oxygens (including phenoxy) is 1. The first kappa shape index (κ1) is 13.9. The Morgan fingerprint density at radius 1 is 1.42 bits per heavy atom. The van der Waals surface area contributed by atoms with Crippen LogP contribution in [0.2, 0.25) is 0 Å². The van der Waals surface area contributed by atoms with Crippen LogP contribution in [0, 0.1) is 5.82 Å². The van der Waals surface area contributed by atoms with Gasteiger partial charge in [0.1, 0.15) is 12.1 Å². The molecule has 0 fully saturated rings. The molecule has 0 amide bonds. The molecule has 1 unspecified atom stereocenters. The molecule has 0 aliphatic heterocycles. The van der Waals surface area contributed by atoms with Crippen molar-refractivity contribution in [1.82, 2.24) is 9.97 Å². The SMILES string of the molecule is COc1cc(CC(O)c2cccc(Br)c2F)ncn1. The van der Waals surface area contributed by atoms with Crippen LogP contribution < -0.4 is 4.74 Å². The zero-order valence-electron chi connectivity index (χ0n) is 10.2. The second-order valence-corrected chi connectivity index (χ2v) is 4.77. The summed E-state index contributed by atoms with van der Waals surface area (Å²) < 4.78 is 19.1. The minimum atomic E-state index is -0.975. The molecule has 1 atom stereocenters. The van der Waals surface area contributed by atoms with Gasteiger partial charge in [-0.1, -0.05) is 12.1 Å². The number of benzene rings is 1. The van der Waals surface area contributed by atoms with Crippen molar-refractivity contribution in [2.24, 2.45) is 0 Å². The molecule has 4 nitrogen and oxygen atoms in total. The lowest BCUT2D eigenvalue weighted by Gasteiger charge is -2.12. The third kappa shape index (κ3) is 3.27. The van der Waals surface area contributed by atoms with Crippen molar-refractivity contribution in [3.05, 3.63) is 52.1 Å². The largest absolute Gasteiger partial charge is 0.481 e. The van der Waals surface area contributed by atoms with Gasteiger partial charge in [0.05, 0.1) is 23.4 Å². The molecule has 0 bridgehead atoms. The van der Waals surface area contributed by atoms with Crippen LogP contribution in [0.15, 0.2) is 35.1 Å². The van der Waals surface area contributed by atoms with Gasteiger partial charge >= 0.3 is 0 Å². The number of hydrogen-bond acceptors (Lipinski definition) is 4. The third-order valence-electron chi connectivity index (χ3n) is 2.65. The van der Waals surface area contributed by atoms with Gasteiger partial charge in [0.15, 0.2) is 0 Å². The van der Waals surface area contributed by atoms with E-state index in [4.69, 9.17) is 4.74 Å². The summed E-state index contributed by atoms with van der Waals surface area (Å²) >= 11 is 3.09. The molecule has 1 aromatic heterocycles. The van der Waals surface area contributed by atoms with Gasteiger partial charge in [0.2, 0.25) is 5.88 Å². The lowest BCUT2D eigenvalue weighted by atomic mass is 10.0. The summed E-state index contributed by atoms with van der Waals surface area (Å²) in [6.07, 6.45) is 0.557. The molecule has 1 heterocycles. The predicted molar refractivity (Wildman–Crippen MR) is 71.3 cm³/mol. The van der Waals surface area contributed by atoms with E-state index in [2.05, 4.69) is 25.9 Å². The first-order valence-corrected chi connectivity index (χ1v) is 6.38. The number of halogens is 2. The highest BCUT2D eigenvalue weighted by atomic mass is 79.9. The van der Waals surface area contributed by atoms with E-state index in [1.165, 1.54) is 13.4 Å². The number of aromatic nitrogens is 2. The molecule has 2 rings (SSSR count). The number of nitrogens with zero attached hydrogens (tertiary/aromatic N) is 2. The Morgan fingerprint density at radius 3 is 2.95 bits per heavy atom.